The first-order valence-corrected chi connectivity index (χ1v) is 11.7. The van der Waals surface area contributed by atoms with E-state index < -0.39 is 0 Å². The van der Waals surface area contributed by atoms with Gasteiger partial charge in [-0.1, -0.05) is 32.0 Å². The first-order chi connectivity index (χ1) is 14.6. The van der Waals surface area contributed by atoms with E-state index in [1.165, 1.54) is 6.42 Å². The van der Waals surface area contributed by atoms with Gasteiger partial charge >= 0.3 is 0 Å². The highest BCUT2D eigenvalue weighted by atomic mass is 16.5. The molecule has 4 saturated carbocycles. The Kier molecular flexibility index (Phi) is 4.67. The topological polar surface area (TPSA) is 84.7 Å². The lowest BCUT2D eigenvalue weighted by Gasteiger charge is -2.68. The standard InChI is InChI=1S/C25H35N3O3/c1-22-12-23(2)14-24(13-22,17-25(26,15-22)16-23)21(30)27-18-8-9-28(10-18)20(29)11-31-19-6-4-3-5-7-19/h3-7,18H,8-17,26H2,1-2H3,(H,27,30). The van der Waals surface area contributed by atoms with Crippen LogP contribution in [0.3, 0.4) is 0 Å². The van der Waals surface area contributed by atoms with Crippen LogP contribution in [0.4, 0.5) is 0 Å². The van der Waals surface area contributed by atoms with Crippen molar-refractivity contribution in [2.24, 2.45) is 22.0 Å². The molecule has 1 aromatic rings. The molecule has 168 valence electrons. The van der Waals surface area contributed by atoms with Gasteiger partial charge in [0.15, 0.2) is 6.61 Å². The second-order valence-corrected chi connectivity index (χ2v) is 11.7. The number of para-hydroxylation sites is 1. The molecule has 3 atom stereocenters. The van der Waals surface area contributed by atoms with Crippen molar-refractivity contribution >= 4 is 11.8 Å². The summed E-state index contributed by atoms with van der Waals surface area (Å²) < 4.78 is 5.60. The summed E-state index contributed by atoms with van der Waals surface area (Å²) in [4.78, 5) is 27.9. The van der Waals surface area contributed by atoms with E-state index in [9.17, 15) is 9.59 Å². The summed E-state index contributed by atoms with van der Waals surface area (Å²) >= 11 is 0. The summed E-state index contributed by atoms with van der Waals surface area (Å²) in [6.07, 6.45) is 6.75. The third kappa shape index (κ3) is 3.84. The van der Waals surface area contributed by atoms with E-state index in [0.29, 0.717) is 18.8 Å². The van der Waals surface area contributed by atoms with Crippen molar-refractivity contribution < 1.29 is 14.3 Å². The van der Waals surface area contributed by atoms with Crippen LogP contribution in [-0.2, 0) is 9.59 Å². The fourth-order valence-electron chi connectivity index (χ4n) is 8.23. The molecule has 1 aromatic carbocycles. The molecule has 31 heavy (non-hydrogen) atoms. The van der Waals surface area contributed by atoms with Gasteiger partial charge in [-0.25, -0.2) is 0 Å². The molecular weight excluding hydrogens is 390 g/mol. The zero-order valence-electron chi connectivity index (χ0n) is 18.8. The first kappa shape index (κ1) is 20.8. The molecule has 3 N–H and O–H groups in total. The SMILES string of the molecule is CC12CC3(C)CC(N)(C1)CC(C(=O)NC1CCN(C(=O)COc4ccccc4)C1)(C2)C3. The Hall–Kier alpha value is -2.08. The van der Waals surface area contributed by atoms with Gasteiger partial charge in [-0.3, -0.25) is 9.59 Å². The number of nitrogens with two attached hydrogens (primary N) is 1. The molecule has 1 aliphatic heterocycles. The molecule has 4 bridgehead atoms. The Morgan fingerprint density at radius 2 is 1.74 bits per heavy atom. The number of hydrogen-bond donors (Lipinski definition) is 2. The molecule has 0 spiro atoms. The summed E-state index contributed by atoms with van der Waals surface area (Å²) in [6, 6.07) is 9.39. The minimum absolute atomic E-state index is 0.00974. The number of ether oxygens (including phenoxy) is 1. The van der Waals surface area contributed by atoms with Gasteiger partial charge in [0.05, 0.1) is 5.41 Å². The van der Waals surface area contributed by atoms with Crippen molar-refractivity contribution in [2.75, 3.05) is 19.7 Å². The van der Waals surface area contributed by atoms with Crippen molar-refractivity contribution in [1.29, 1.82) is 0 Å². The lowest BCUT2D eigenvalue weighted by molar-refractivity contribution is -0.175. The quantitative estimate of drug-likeness (QED) is 0.760. The van der Waals surface area contributed by atoms with E-state index in [1.54, 1.807) is 4.90 Å². The fraction of sp³-hybridized carbons (Fsp3) is 0.680. The minimum atomic E-state index is -0.346. The Labute approximate surface area is 184 Å². The zero-order valence-corrected chi connectivity index (χ0v) is 18.8. The van der Waals surface area contributed by atoms with E-state index in [-0.39, 0.29) is 46.2 Å². The summed E-state index contributed by atoms with van der Waals surface area (Å²) in [5, 5.41) is 3.32. The van der Waals surface area contributed by atoms with Gasteiger partial charge in [0.2, 0.25) is 5.91 Å². The summed E-state index contributed by atoms with van der Waals surface area (Å²) in [7, 11) is 0. The van der Waals surface area contributed by atoms with Gasteiger partial charge in [-0.15, -0.1) is 0 Å². The third-order valence-electron chi connectivity index (χ3n) is 8.10. The number of carbonyl (C=O) groups excluding carboxylic acids is 2. The van der Waals surface area contributed by atoms with Crippen molar-refractivity contribution in [1.82, 2.24) is 10.2 Å². The van der Waals surface area contributed by atoms with E-state index in [4.69, 9.17) is 10.5 Å². The maximum absolute atomic E-state index is 13.6. The Morgan fingerprint density at radius 3 is 2.39 bits per heavy atom. The first-order valence-electron chi connectivity index (χ1n) is 11.7. The number of carbonyl (C=O) groups is 2. The van der Waals surface area contributed by atoms with Crippen molar-refractivity contribution in [2.45, 2.75) is 70.4 Å². The van der Waals surface area contributed by atoms with E-state index in [1.807, 2.05) is 30.3 Å². The van der Waals surface area contributed by atoms with Gasteiger partial charge in [0.1, 0.15) is 5.75 Å². The molecule has 1 heterocycles. The number of amides is 2. The molecule has 0 aromatic heterocycles. The highest BCUT2D eigenvalue weighted by Gasteiger charge is 2.66. The van der Waals surface area contributed by atoms with Gasteiger partial charge in [0.25, 0.3) is 5.91 Å². The van der Waals surface area contributed by atoms with Crippen LogP contribution >= 0.6 is 0 Å². The van der Waals surface area contributed by atoms with Crippen LogP contribution in [0.5, 0.6) is 5.75 Å². The predicted octanol–water partition coefficient (Wildman–Crippen LogP) is 2.86. The molecular formula is C25H35N3O3. The van der Waals surface area contributed by atoms with E-state index in [0.717, 1.165) is 38.5 Å². The number of benzene rings is 1. The van der Waals surface area contributed by atoms with Gasteiger partial charge in [-0.05, 0) is 67.9 Å². The molecule has 6 heteroatoms. The Morgan fingerprint density at radius 1 is 1.06 bits per heavy atom. The number of nitrogens with zero attached hydrogens (tertiary/aromatic N) is 1. The van der Waals surface area contributed by atoms with Gasteiger partial charge in [-0.2, -0.15) is 0 Å². The van der Waals surface area contributed by atoms with Crippen molar-refractivity contribution in [3.63, 3.8) is 0 Å². The number of likely N-dealkylation sites (tertiary alicyclic amines) is 1. The second kappa shape index (κ2) is 6.96. The number of rotatable bonds is 5. The maximum Gasteiger partial charge on any atom is 0.260 e. The van der Waals surface area contributed by atoms with Crippen LogP contribution < -0.4 is 15.8 Å². The third-order valence-corrected chi connectivity index (χ3v) is 8.10. The van der Waals surface area contributed by atoms with Crippen LogP contribution in [0.25, 0.3) is 0 Å². The molecule has 2 amide bonds. The predicted molar refractivity (Wildman–Crippen MR) is 118 cm³/mol. The maximum atomic E-state index is 13.6. The van der Waals surface area contributed by atoms with Gasteiger partial charge in [0, 0.05) is 24.7 Å². The van der Waals surface area contributed by atoms with Crippen molar-refractivity contribution in [3.05, 3.63) is 30.3 Å². The molecule has 5 fully saturated rings. The summed E-state index contributed by atoms with van der Waals surface area (Å²) in [5.41, 5.74) is 6.60. The van der Waals surface area contributed by atoms with E-state index in [2.05, 4.69) is 19.2 Å². The normalized spacial score (nSPS) is 40.7. The number of hydrogen-bond acceptors (Lipinski definition) is 4. The van der Waals surface area contributed by atoms with Crippen LogP contribution in [-0.4, -0.2) is 48.0 Å². The molecule has 3 unspecified atom stereocenters. The molecule has 4 aliphatic carbocycles. The fourth-order valence-corrected chi connectivity index (χ4v) is 8.23. The molecule has 6 rings (SSSR count). The van der Waals surface area contributed by atoms with E-state index >= 15 is 0 Å². The lowest BCUT2D eigenvalue weighted by atomic mass is 9.38. The largest absolute Gasteiger partial charge is 0.484 e. The number of nitrogens with one attached hydrogen (secondary N) is 1. The Balaban J connectivity index is 1.19. The van der Waals surface area contributed by atoms with Gasteiger partial charge < -0.3 is 20.7 Å². The minimum Gasteiger partial charge on any atom is -0.484 e. The second-order valence-electron chi connectivity index (χ2n) is 11.7. The average Bonchev–Trinajstić information content (AvgIpc) is 3.12. The van der Waals surface area contributed by atoms with Crippen LogP contribution in [0.2, 0.25) is 0 Å². The van der Waals surface area contributed by atoms with Crippen LogP contribution in [0.1, 0.15) is 58.8 Å². The van der Waals surface area contributed by atoms with Crippen LogP contribution in [0, 0.1) is 16.2 Å². The molecule has 5 aliphatic rings. The molecule has 0 radical (unpaired) electrons. The summed E-state index contributed by atoms with van der Waals surface area (Å²) in [6.45, 7) is 5.90. The average molecular weight is 426 g/mol. The monoisotopic (exact) mass is 425 g/mol. The lowest BCUT2D eigenvalue weighted by Crippen LogP contribution is -2.69. The zero-order chi connectivity index (χ0) is 21.9. The van der Waals surface area contributed by atoms with Crippen molar-refractivity contribution in [3.8, 4) is 5.75 Å². The van der Waals surface area contributed by atoms with Crippen LogP contribution in [0.15, 0.2) is 30.3 Å². The highest BCUT2D eigenvalue weighted by Crippen LogP contribution is 2.70. The smallest absolute Gasteiger partial charge is 0.260 e. The molecule has 1 saturated heterocycles. The highest BCUT2D eigenvalue weighted by molar-refractivity contribution is 5.84. The molecule has 6 nitrogen and oxygen atoms in total. The Bertz CT molecular complexity index is 832. The summed E-state index contributed by atoms with van der Waals surface area (Å²) in [5.74, 6) is 0.828.